The molecule has 1 atom stereocenters. The summed E-state index contributed by atoms with van der Waals surface area (Å²) < 4.78 is 5.06. The van der Waals surface area contributed by atoms with Crippen molar-refractivity contribution in [1.82, 2.24) is 10.2 Å². The van der Waals surface area contributed by atoms with Gasteiger partial charge in [0.1, 0.15) is 0 Å². The molecule has 0 bridgehead atoms. The standard InChI is InChI=1S/C12H26N2O2/c1-6-11(7-2)14(8-9-16-5)12(15)10(3)13-4/h10-11,13H,6-9H2,1-5H3. The molecule has 0 aliphatic rings. The van der Waals surface area contributed by atoms with Gasteiger partial charge in [-0.1, -0.05) is 13.8 Å². The molecule has 4 heteroatoms. The number of rotatable bonds is 8. The average molecular weight is 230 g/mol. The van der Waals surface area contributed by atoms with Crippen molar-refractivity contribution in [3.8, 4) is 0 Å². The molecule has 0 rings (SSSR count). The molecular weight excluding hydrogens is 204 g/mol. The summed E-state index contributed by atoms with van der Waals surface area (Å²) >= 11 is 0. The zero-order valence-electron chi connectivity index (χ0n) is 11.2. The molecule has 0 aliphatic carbocycles. The van der Waals surface area contributed by atoms with Crippen LogP contribution in [0.1, 0.15) is 33.6 Å². The van der Waals surface area contributed by atoms with Gasteiger partial charge in [0.05, 0.1) is 12.6 Å². The molecule has 1 unspecified atom stereocenters. The van der Waals surface area contributed by atoms with Gasteiger partial charge in [0.2, 0.25) is 5.91 Å². The maximum atomic E-state index is 12.1. The Morgan fingerprint density at radius 1 is 1.38 bits per heavy atom. The third-order valence-corrected chi connectivity index (χ3v) is 3.01. The highest BCUT2D eigenvalue weighted by Crippen LogP contribution is 2.10. The number of hydrogen-bond acceptors (Lipinski definition) is 3. The second-order valence-corrected chi connectivity index (χ2v) is 4.01. The predicted molar refractivity (Wildman–Crippen MR) is 66.5 cm³/mol. The van der Waals surface area contributed by atoms with Gasteiger partial charge in [0.15, 0.2) is 0 Å². The minimum Gasteiger partial charge on any atom is -0.383 e. The van der Waals surface area contributed by atoms with Crippen LogP contribution in [-0.4, -0.2) is 50.2 Å². The molecule has 0 fully saturated rings. The zero-order chi connectivity index (χ0) is 12.6. The number of carbonyl (C=O) groups excluding carboxylic acids is 1. The molecule has 0 radical (unpaired) electrons. The van der Waals surface area contributed by atoms with E-state index in [-0.39, 0.29) is 11.9 Å². The van der Waals surface area contributed by atoms with Crippen LogP contribution in [0.5, 0.6) is 0 Å². The summed E-state index contributed by atoms with van der Waals surface area (Å²) in [6, 6.07) is 0.191. The fourth-order valence-electron chi connectivity index (χ4n) is 1.76. The fourth-order valence-corrected chi connectivity index (χ4v) is 1.76. The van der Waals surface area contributed by atoms with Gasteiger partial charge in [-0.05, 0) is 26.8 Å². The molecule has 0 aromatic heterocycles. The predicted octanol–water partition coefficient (Wildman–Crippen LogP) is 1.26. The Hall–Kier alpha value is -0.610. The van der Waals surface area contributed by atoms with E-state index in [1.54, 1.807) is 7.11 Å². The molecule has 0 heterocycles. The van der Waals surface area contributed by atoms with Gasteiger partial charge in [-0.25, -0.2) is 0 Å². The number of carbonyl (C=O) groups is 1. The SMILES string of the molecule is CCC(CC)N(CCOC)C(=O)C(C)NC. The van der Waals surface area contributed by atoms with Crippen LogP contribution in [0.3, 0.4) is 0 Å². The molecule has 16 heavy (non-hydrogen) atoms. The first-order valence-corrected chi connectivity index (χ1v) is 6.08. The third kappa shape index (κ3) is 4.49. The Morgan fingerprint density at radius 3 is 2.31 bits per heavy atom. The number of nitrogens with one attached hydrogen (secondary N) is 1. The van der Waals surface area contributed by atoms with Crippen LogP contribution in [0.15, 0.2) is 0 Å². The van der Waals surface area contributed by atoms with Crippen molar-refractivity contribution >= 4 is 5.91 Å². The van der Waals surface area contributed by atoms with Crippen molar-refractivity contribution in [2.75, 3.05) is 27.3 Å². The van der Waals surface area contributed by atoms with Gasteiger partial charge < -0.3 is 15.0 Å². The maximum Gasteiger partial charge on any atom is 0.239 e. The number of nitrogens with zero attached hydrogens (tertiary/aromatic N) is 1. The monoisotopic (exact) mass is 230 g/mol. The lowest BCUT2D eigenvalue weighted by Crippen LogP contribution is -2.49. The van der Waals surface area contributed by atoms with Crippen LogP contribution in [0.2, 0.25) is 0 Å². The van der Waals surface area contributed by atoms with Crippen LogP contribution in [0.4, 0.5) is 0 Å². The fraction of sp³-hybridized carbons (Fsp3) is 0.917. The van der Waals surface area contributed by atoms with E-state index in [2.05, 4.69) is 19.2 Å². The Kier molecular flexibility index (Phi) is 8.21. The van der Waals surface area contributed by atoms with Crippen molar-refractivity contribution in [3.63, 3.8) is 0 Å². The Balaban J connectivity index is 4.56. The minimum absolute atomic E-state index is 0.127. The third-order valence-electron chi connectivity index (χ3n) is 3.01. The second-order valence-electron chi connectivity index (χ2n) is 4.01. The average Bonchev–Trinajstić information content (AvgIpc) is 2.32. The van der Waals surface area contributed by atoms with Crippen molar-refractivity contribution < 1.29 is 9.53 Å². The zero-order valence-corrected chi connectivity index (χ0v) is 11.2. The topological polar surface area (TPSA) is 41.6 Å². The second kappa shape index (κ2) is 8.53. The molecule has 96 valence electrons. The highest BCUT2D eigenvalue weighted by atomic mass is 16.5. The van der Waals surface area contributed by atoms with Crippen LogP contribution < -0.4 is 5.32 Å². The first kappa shape index (κ1) is 15.4. The number of amides is 1. The van der Waals surface area contributed by atoms with Crippen molar-refractivity contribution in [2.45, 2.75) is 45.7 Å². The summed E-state index contributed by atoms with van der Waals surface area (Å²) in [6.07, 6.45) is 1.98. The first-order chi connectivity index (χ1) is 7.62. The van der Waals surface area contributed by atoms with Gasteiger partial charge >= 0.3 is 0 Å². The van der Waals surface area contributed by atoms with E-state index >= 15 is 0 Å². The van der Waals surface area contributed by atoms with E-state index in [9.17, 15) is 4.79 Å². The van der Waals surface area contributed by atoms with Crippen LogP contribution in [0.25, 0.3) is 0 Å². The van der Waals surface area contributed by atoms with Gasteiger partial charge in [0.25, 0.3) is 0 Å². The van der Waals surface area contributed by atoms with Crippen molar-refractivity contribution in [1.29, 1.82) is 0 Å². The Morgan fingerprint density at radius 2 is 1.94 bits per heavy atom. The molecule has 0 saturated carbocycles. The van der Waals surface area contributed by atoms with E-state index in [1.807, 2.05) is 18.9 Å². The molecule has 0 saturated heterocycles. The van der Waals surface area contributed by atoms with E-state index < -0.39 is 0 Å². The summed E-state index contributed by atoms with van der Waals surface area (Å²) in [6.45, 7) is 7.40. The highest BCUT2D eigenvalue weighted by molar-refractivity contribution is 5.81. The first-order valence-electron chi connectivity index (χ1n) is 6.08. The van der Waals surface area contributed by atoms with E-state index in [0.717, 1.165) is 12.8 Å². The lowest BCUT2D eigenvalue weighted by Gasteiger charge is -2.32. The smallest absolute Gasteiger partial charge is 0.239 e. The number of likely N-dealkylation sites (N-methyl/N-ethyl adjacent to an activating group) is 1. The van der Waals surface area contributed by atoms with Crippen LogP contribution in [-0.2, 0) is 9.53 Å². The van der Waals surface area contributed by atoms with Crippen molar-refractivity contribution in [3.05, 3.63) is 0 Å². The quantitative estimate of drug-likeness (QED) is 0.682. The summed E-state index contributed by atoms with van der Waals surface area (Å²) in [5, 5.41) is 2.99. The Labute approximate surface area is 99.3 Å². The maximum absolute atomic E-state index is 12.1. The largest absolute Gasteiger partial charge is 0.383 e. The highest BCUT2D eigenvalue weighted by Gasteiger charge is 2.24. The molecule has 0 aliphatic heterocycles. The lowest BCUT2D eigenvalue weighted by molar-refractivity contribution is -0.136. The van der Waals surface area contributed by atoms with E-state index in [1.165, 1.54) is 0 Å². The van der Waals surface area contributed by atoms with Crippen LogP contribution in [0, 0.1) is 0 Å². The van der Waals surface area contributed by atoms with Gasteiger partial charge in [-0.2, -0.15) is 0 Å². The number of hydrogen-bond donors (Lipinski definition) is 1. The van der Waals surface area contributed by atoms with E-state index in [0.29, 0.717) is 19.2 Å². The molecule has 0 spiro atoms. The van der Waals surface area contributed by atoms with Gasteiger partial charge in [-0.15, -0.1) is 0 Å². The summed E-state index contributed by atoms with van der Waals surface area (Å²) in [5.41, 5.74) is 0. The normalized spacial score (nSPS) is 12.9. The summed E-state index contributed by atoms with van der Waals surface area (Å²) in [5.74, 6) is 0.160. The van der Waals surface area contributed by atoms with E-state index in [4.69, 9.17) is 4.74 Å². The van der Waals surface area contributed by atoms with Crippen molar-refractivity contribution in [2.24, 2.45) is 0 Å². The number of ether oxygens (including phenoxy) is 1. The number of methoxy groups -OCH3 is 1. The van der Waals surface area contributed by atoms with Gasteiger partial charge in [-0.3, -0.25) is 4.79 Å². The molecule has 1 N–H and O–H groups in total. The molecule has 1 amide bonds. The molecule has 4 nitrogen and oxygen atoms in total. The molecule has 0 aromatic rings. The van der Waals surface area contributed by atoms with Crippen LogP contribution >= 0.6 is 0 Å². The molecular formula is C12H26N2O2. The minimum atomic E-state index is -0.127. The lowest BCUT2D eigenvalue weighted by atomic mass is 10.1. The Bertz CT molecular complexity index is 193. The van der Waals surface area contributed by atoms with Gasteiger partial charge in [0, 0.05) is 19.7 Å². The molecule has 0 aromatic carbocycles. The summed E-state index contributed by atoms with van der Waals surface area (Å²) in [4.78, 5) is 14.1. The summed E-state index contributed by atoms with van der Waals surface area (Å²) in [7, 11) is 3.47.